The predicted octanol–water partition coefficient (Wildman–Crippen LogP) is 4.32. The van der Waals surface area contributed by atoms with Gasteiger partial charge in [-0.2, -0.15) is 0 Å². The van der Waals surface area contributed by atoms with E-state index in [-0.39, 0.29) is 31.3 Å². The number of nitrogens with one attached hydrogen (secondary N) is 3. The third-order valence-corrected chi connectivity index (χ3v) is 12.9. The van der Waals surface area contributed by atoms with Crippen LogP contribution in [-0.4, -0.2) is 77.6 Å². The number of rotatable bonds is 10. The van der Waals surface area contributed by atoms with E-state index in [1.165, 1.54) is 28.0 Å². The molecule has 5 aliphatic rings. The summed E-state index contributed by atoms with van der Waals surface area (Å²) < 4.78 is 47.8. The van der Waals surface area contributed by atoms with Crippen LogP contribution in [0, 0.1) is 23.1 Å². The Morgan fingerprint density at radius 1 is 1.04 bits per heavy atom. The maximum absolute atomic E-state index is 14.5. The van der Waals surface area contributed by atoms with E-state index in [0.717, 1.165) is 24.0 Å². The molecule has 274 valence electrons. The first-order chi connectivity index (χ1) is 24.1. The van der Waals surface area contributed by atoms with E-state index in [4.69, 9.17) is 16.3 Å². The van der Waals surface area contributed by atoms with Crippen LogP contribution in [0.3, 0.4) is 0 Å². The van der Waals surface area contributed by atoms with Crippen LogP contribution in [0.1, 0.15) is 70.4 Å². The summed E-state index contributed by atoms with van der Waals surface area (Å²) in [4.78, 5) is 58.7. The average molecular weight is 744 g/mol. The Morgan fingerprint density at radius 3 is 2.41 bits per heavy atom. The van der Waals surface area contributed by atoms with Crippen molar-refractivity contribution in [1.29, 1.82) is 0 Å². The summed E-state index contributed by atoms with van der Waals surface area (Å²) in [6.45, 7) is 5.95. The molecule has 4 fully saturated rings. The maximum atomic E-state index is 14.5. The van der Waals surface area contributed by atoms with Gasteiger partial charge in [0.15, 0.2) is 0 Å². The van der Waals surface area contributed by atoms with Crippen molar-refractivity contribution >= 4 is 51.1 Å². The van der Waals surface area contributed by atoms with Crippen molar-refractivity contribution in [3.8, 4) is 0 Å². The van der Waals surface area contributed by atoms with E-state index in [9.17, 15) is 32.0 Å². The van der Waals surface area contributed by atoms with Gasteiger partial charge in [-0.05, 0) is 84.7 Å². The van der Waals surface area contributed by atoms with Gasteiger partial charge in [-0.1, -0.05) is 50.6 Å². The van der Waals surface area contributed by atoms with E-state index in [1.54, 1.807) is 12.1 Å². The highest BCUT2D eigenvalue weighted by molar-refractivity contribution is 7.91. The predicted molar refractivity (Wildman–Crippen MR) is 186 cm³/mol. The van der Waals surface area contributed by atoms with Crippen molar-refractivity contribution in [2.75, 3.05) is 11.9 Å². The topological polar surface area (TPSA) is 154 Å². The standard InChI is InChI=1S/C36H43ClFN5O7S/c1-35(2,3)30(39-23-8-5-7-22(38)14-23)32(45)43-18-24(50-34(47)42-17-21-6-4-9-28(37)26(21)19-42)15-29(43)31(44)40-36(16-27(36)20-10-11-20)33(46)41-51(48,49)25-12-13-25/h4-9,14,20,24-25,27,29-30,39H,10-13,15-19H2,1-3H3,(H,40,44)(H,41,46). The van der Waals surface area contributed by atoms with Crippen molar-refractivity contribution in [2.45, 2.75) is 101 Å². The van der Waals surface area contributed by atoms with Gasteiger partial charge in [0.2, 0.25) is 21.8 Å². The van der Waals surface area contributed by atoms with Gasteiger partial charge < -0.3 is 20.3 Å². The van der Waals surface area contributed by atoms with E-state index in [2.05, 4.69) is 15.4 Å². The van der Waals surface area contributed by atoms with Crippen LogP contribution in [0.25, 0.3) is 0 Å². The fraction of sp³-hybridized carbons (Fsp3) is 0.556. The lowest BCUT2D eigenvalue weighted by atomic mass is 9.85. The molecular formula is C36H43ClFN5O7S. The number of carbonyl (C=O) groups excluding carboxylic acids is 4. The summed E-state index contributed by atoms with van der Waals surface area (Å²) >= 11 is 6.36. The third-order valence-electron chi connectivity index (χ3n) is 10.7. The Hall–Kier alpha value is -3.91. The van der Waals surface area contributed by atoms with Gasteiger partial charge in [-0.15, -0.1) is 0 Å². The van der Waals surface area contributed by atoms with Crippen molar-refractivity contribution < 1.29 is 36.7 Å². The molecule has 12 nitrogen and oxygen atoms in total. The van der Waals surface area contributed by atoms with Crippen LogP contribution >= 0.6 is 11.6 Å². The average Bonchev–Trinajstić information content (AvgIpc) is 3.98. The lowest BCUT2D eigenvalue weighted by Gasteiger charge is -2.36. The number of anilines is 1. The number of sulfonamides is 1. The largest absolute Gasteiger partial charge is 0.444 e. The molecular weight excluding hydrogens is 701 g/mol. The number of benzene rings is 2. The number of nitrogens with zero attached hydrogens (tertiary/aromatic N) is 2. The van der Waals surface area contributed by atoms with Gasteiger partial charge in [0.1, 0.15) is 29.5 Å². The Morgan fingerprint density at radius 2 is 1.76 bits per heavy atom. The van der Waals surface area contributed by atoms with Gasteiger partial charge in [0, 0.05) is 23.7 Å². The molecule has 2 aromatic rings. The molecule has 3 aliphatic carbocycles. The molecule has 15 heteroatoms. The summed E-state index contributed by atoms with van der Waals surface area (Å²) in [6, 6.07) is 9.09. The second kappa shape index (κ2) is 12.9. The summed E-state index contributed by atoms with van der Waals surface area (Å²) in [6.07, 6.45) is 1.45. The second-order valence-corrected chi connectivity index (χ2v) is 18.1. The number of hydrogen-bond donors (Lipinski definition) is 3. The van der Waals surface area contributed by atoms with Crippen molar-refractivity contribution in [3.05, 3.63) is 64.4 Å². The third kappa shape index (κ3) is 7.26. The van der Waals surface area contributed by atoms with Gasteiger partial charge >= 0.3 is 6.09 Å². The smallest absolute Gasteiger partial charge is 0.410 e. The van der Waals surface area contributed by atoms with Crippen molar-refractivity contribution in [3.63, 3.8) is 0 Å². The number of carbonyl (C=O) groups is 4. The lowest BCUT2D eigenvalue weighted by Crippen LogP contribution is -2.58. The number of ether oxygens (including phenoxy) is 1. The molecule has 1 saturated heterocycles. The minimum atomic E-state index is -3.87. The number of fused-ring (bicyclic) bond motifs is 1. The zero-order valence-electron chi connectivity index (χ0n) is 28.8. The normalized spacial score (nSPS) is 26.3. The first-order valence-corrected chi connectivity index (χ1v) is 19.4. The number of likely N-dealkylation sites (tertiary alicyclic amines) is 1. The second-order valence-electron chi connectivity index (χ2n) is 15.7. The van der Waals surface area contributed by atoms with Crippen LogP contribution < -0.4 is 15.4 Å². The molecule has 0 radical (unpaired) electrons. The molecule has 3 N–H and O–H groups in total. The van der Waals surface area contributed by atoms with Crippen LogP contribution in [0.4, 0.5) is 14.9 Å². The molecule has 51 heavy (non-hydrogen) atoms. The monoisotopic (exact) mass is 743 g/mol. The van der Waals surface area contributed by atoms with Crippen molar-refractivity contribution in [2.24, 2.45) is 17.3 Å². The van der Waals surface area contributed by atoms with E-state index >= 15 is 0 Å². The quantitative estimate of drug-likeness (QED) is 0.325. The number of halogens is 2. The summed E-state index contributed by atoms with van der Waals surface area (Å²) in [5.41, 5.74) is -0.0381. The zero-order valence-corrected chi connectivity index (χ0v) is 30.4. The fourth-order valence-electron chi connectivity index (χ4n) is 7.46. The Kier molecular flexibility index (Phi) is 9.01. The molecule has 5 unspecified atom stereocenters. The fourth-order valence-corrected chi connectivity index (χ4v) is 9.08. The zero-order chi connectivity index (χ0) is 36.5. The van der Waals surface area contributed by atoms with E-state index in [0.29, 0.717) is 36.5 Å². The molecule has 2 heterocycles. The van der Waals surface area contributed by atoms with Crippen LogP contribution in [0.2, 0.25) is 5.02 Å². The van der Waals surface area contributed by atoms with Crippen molar-refractivity contribution in [1.82, 2.24) is 19.8 Å². The summed E-state index contributed by atoms with van der Waals surface area (Å²) in [5.74, 6) is -2.40. The summed E-state index contributed by atoms with van der Waals surface area (Å²) in [5, 5.41) is 5.95. The highest BCUT2D eigenvalue weighted by atomic mass is 35.5. The molecule has 2 aromatic carbocycles. The van der Waals surface area contributed by atoms with Crippen LogP contribution in [-0.2, 0) is 42.2 Å². The molecule has 0 spiro atoms. The SMILES string of the molecule is CC(C)(C)C(Nc1cccc(F)c1)C(=O)N1CC(OC(=O)N2Cc3cccc(Cl)c3C2)CC1C(=O)NC1(C(=O)NS(=O)(=O)C2CC2)CC1C1CC1. The molecule has 3 saturated carbocycles. The van der Waals surface area contributed by atoms with Crippen LogP contribution in [0.5, 0.6) is 0 Å². The number of hydrogen-bond acceptors (Lipinski definition) is 8. The molecule has 7 rings (SSSR count). The Labute approximate surface area is 301 Å². The number of amides is 4. The molecule has 5 atom stereocenters. The van der Waals surface area contributed by atoms with E-state index in [1.807, 2.05) is 32.9 Å². The van der Waals surface area contributed by atoms with Gasteiger partial charge in [-0.25, -0.2) is 17.6 Å². The Bertz CT molecular complexity index is 1880. The van der Waals surface area contributed by atoms with Gasteiger partial charge in [0.25, 0.3) is 5.91 Å². The highest BCUT2D eigenvalue weighted by Crippen LogP contribution is 2.57. The minimum Gasteiger partial charge on any atom is -0.444 e. The molecule has 0 aromatic heterocycles. The van der Waals surface area contributed by atoms with Gasteiger partial charge in [0.05, 0.1) is 18.3 Å². The van der Waals surface area contributed by atoms with Crippen LogP contribution in [0.15, 0.2) is 42.5 Å². The molecule has 2 aliphatic heterocycles. The molecule has 0 bridgehead atoms. The summed E-state index contributed by atoms with van der Waals surface area (Å²) in [7, 11) is -3.87. The lowest BCUT2D eigenvalue weighted by molar-refractivity contribution is -0.141. The maximum Gasteiger partial charge on any atom is 0.410 e. The van der Waals surface area contributed by atoms with Gasteiger partial charge in [-0.3, -0.25) is 24.0 Å². The Balaban J connectivity index is 1.13. The minimum absolute atomic E-state index is 0.0478. The highest BCUT2D eigenvalue weighted by Gasteiger charge is 2.67. The van der Waals surface area contributed by atoms with E-state index < -0.39 is 74.0 Å². The molecule has 4 amide bonds. The first kappa shape index (κ1) is 35.5. The first-order valence-electron chi connectivity index (χ1n) is 17.5.